The lowest BCUT2D eigenvalue weighted by Crippen LogP contribution is -2.30. The van der Waals surface area contributed by atoms with Gasteiger partial charge in [0.05, 0.1) is 10.5 Å². The van der Waals surface area contributed by atoms with Crippen molar-refractivity contribution in [1.29, 1.82) is 0 Å². The maximum Gasteiger partial charge on any atom is 0.267 e. The van der Waals surface area contributed by atoms with Gasteiger partial charge in [0.15, 0.2) is 0 Å². The normalized spacial score (nSPS) is 11.1. The third kappa shape index (κ3) is 3.95. The molecule has 0 aliphatic carbocycles. The van der Waals surface area contributed by atoms with Gasteiger partial charge in [0.25, 0.3) is 11.5 Å². The first-order valence-corrected chi connectivity index (χ1v) is 9.03. The molecule has 0 saturated heterocycles. The Morgan fingerprint density at radius 3 is 2.67 bits per heavy atom. The standard InChI is InChI=1S/C20H20ClN3O3/c1-12(2)9-10-24-15-6-4-3-5-14(15)18(25)17(20(24)27)19(26)23-16-8-7-13(21)11-22-16/h3-8,11-12,25H,9-10H2,1-2H3,(H,22,23,26). The number of nitrogens with zero attached hydrogens (tertiary/aromatic N) is 2. The number of benzene rings is 1. The summed E-state index contributed by atoms with van der Waals surface area (Å²) in [6, 6.07) is 10.1. The minimum absolute atomic E-state index is 0.241. The molecule has 6 nitrogen and oxygen atoms in total. The first-order valence-electron chi connectivity index (χ1n) is 8.66. The van der Waals surface area contributed by atoms with Crippen LogP contribution in [-0.4, -0.2) is 20.6 Å². The summed E-state index contributed by atoms with van der Waals surface area (Å²) in [7, 11) is 0. The maximum absolute atomic E-state index is 13.0. The second-order valence-electron chi connectivity index (χ2n) is 6.70. The van der Waals surface area contributed by atoms with Crippen LogP contribution in [0.2, 0.25) is 5.02 Å². The van der Waals surface area contributed by atoms with Crippen molar-refractivity contribution >= 4 is 34.2 Å². The van der Waals surface area contributed by atoms with Gasteiger partial charge >= 0.3 is 0 Å². The van der Waals surface area contributed by atoms with Crippen LogP contribution in [0, 0.1) is 5.92 Å². The smallest absolute Gasteiger partial charge is 0.267 e. The molecule has 27 heavy (non-hydrogen) atoms. The predicted molar refractivity (Wildman–Crippen MR) is 107 cm³/mol. The summed E-state index contributed by atoms with van der Waals surface area (Å²) in [5.41, 5.74) is -0.227. The molecule has 7 heteroatoms. The van der Waals surface area contributed by atoms with Gasteiger partial charge in [0.1, 0.15) is 17.1 Å². The molecule has 0 saturated carbocycles. The molecule has 0 spiro atoms. The first kappa shape index (κ1) is 18.9. The zero-order valence-corrected chi connectivity index (χ0v) is 15.8. The molecular formula is C20H20ClN3O3. The van der Waals surface area contributed by atoms with E-state index in [1.54, 1.807) is 34.9 Å². The largest absolute Gasteiger partial charge is 0.506 e. The number of pyridine rings is 2. The highest BCUT2D eigenvalue weighted by atomic mass is 35.5. The molecular weight excluding hydrogens is 366 g/mol. The molecule has 2 N–H and O–H groups in total. The number of nitrogens with one attached hydrogen (secondary N) is 1. The van der Waals surface area contributed by atoms with Gasteiger partial charge in [-0.05, 0) is 36.6 Å². The quantitative estimate of drug-likeness (QED) is 0.693. The number of anilines is 1. The number of carbonyl (C=O) groups is 1. The summed E-state index contributed by atoms with van der Waals surface area (Å²) < 4.78 is 1.54. The number of aryl methyl sites for hydroxylation is 1. The van der Waals surface area contributed by atoms with Crippen LogP contribution in [0.15, 0.2) is 47.4 Å². The Labute approximate surface area is 161 Å². The van der Waals surface area contributed by atoms with E-state index in [1.807, 2.05) is 0 Å². The monoisotopic (exact) mass is 385 g/mol. The molecule has 2 heterocycles. The molecule has 0 atom stereocenters. The van der Waals surface area contributed by atoms with Crippen LogP contribution in [0.4, 0.5) is 5.82 Å². The molecule has 0 fully saturated rings. The second-order valence-corrected chi connectivity index (χ2v) is 7.13. The van der Waals surface area contributed by atoms with Gasteiger partial charge in [-0.1, -0.05) is 37.6 Å². The fraction of sp³-hybridized carbons (Fsp3) is 0.250. The Hall–Kier alpha value is -2.86. The van der Waals surface area contributed by atoms with Gasteiger partial charge in [-0.3, -0.25) is 9.59 Å². The van der Waals surface area contributed by atoms with Gasteiger partial charge in [-0.25, -0.2) is 4.98 Å². The topological polar surface area (TPSA) is 84.2 Å². The highest BCUT2D eigenvalue weighted by Gasteiger charge is 2.22. The van der Waals surface area contributed by atoms with Crippen LogP contribution in [0.1, 0.15) is 30.6 Å². The van der Waals surface area contributed by atoms with Crippen molar-refractivity contribution in [2.75, 3.05) is 5.32 Å². The third-order valence-electron chi connectivity index (χ3n) is 4.27. The molecule has 140 valence electrons. The number of amides is 1. The van der Waals surface area contributed by atoms with Crippen molar-refractivity contribution in [2.24, 2.45) is 5.92 Å². The zero-order valence-electron chi connectivity index (χ0n) is 15.1. The van der Waals surface area contributed by atoms with Crippen LogP contribution in [0.5, 0.6) is 5.75 Å². The number of hydrogen-bond acceptors (Lipinski definition) is 4. The lowest BCUT2D eigenvalue weighted by molar-refractivity contribution is 0.102. The number of aromatic hydroxyl groups is 1. The lowest BCUT2D eigenvalue weighted by Gasteiger charge is -2.15. The SMILES string of the molecule is CC(C)CCn1c(=O)c(C(=O)Nc2ccc(Cl)cn2)c(O)c2ccccc21. The van der Waals surface area contributed by atoms with Crippen molar-refractivity contribution < 1.29 is 9.90 Å². The number of hydrogen-bond donors (Lipinski definition) is 2. The van der Waals surface area contributed by atoms with Crippen molar-refractivity contribution in [3.05, 3.63) is 63.5 Å². The summed E-state index contributed by atoms with van der Waals surface area (Å²) in [4.78, 5) is 29.7. The van der Waals surface area contributed by atoms with Gasteiger partial charge in [0.2, 0.25) is 0 Å². The Morgan fingerprint density at radius 1 is 1.26 bits per heavy atom. The first-order chi connectivity index (χ1) is 12.9. The second kappa shape index (κ2) is 7.80. The Kier molecular flexibility index (Phi) is 5.46. The summed E-state index contributed by atoms with van der Waals surface area (Å²) in [6.45, 7) is 4.58. The molecule has 0 radical (unpaired) electrons. The minimum atomic E-state index is -0.712. The summed E-state index contributed by atoms with van der Waals surface area (Å²) in [5.74, 6) is -0.413. The van der Waals surface area contributed by atoms with Crippen LogP contribution in [0.3, 0.4) is 0 Å². The zero-order chi connectivity index (χ0) is 19.6. The average molecular weight is 386 g/mol. The summed E-state index contributed by atoms with van der Waals surface area (Å²) in [6.07, 6.45) is 2.16. The van der Waals surface area contributed by atoms with E-state index < -0.39 is 11.5 Å². The Bertz CT molecular complexity index is 1040. The molecule has 0 aliphatic rings. The molecule has 0 bridgehead atoms. The minimum Gasteiger partial charge on any atom is -0.506 e. The van der Waals surface area contributed by atoms with Gasteiger partial charge in [-0.2, -0.15) is 0 Å². The van der Waals surface area contributed by atoms with Crippen LogP contribution in [-0.2, 0) is 6.54 Å². The number of rotatable bonds is 5. The highest BCUT2D eigenvalue weighted by Crippen LogP contribution is 2.27. The van der Waals surface area contributed by atoms with E-state index in [9.17, 15) is 14.7 Å². The number of aromatic nitrogens is 2. The fourth-order valence-corrected chi connectivity index (χ4v) is 2.94. The van der Waals surface area contributed by atoms with E-state index in [4.69, 9.17) is 11.6 Å². The Balaban J connectivity index is 2.09. The molecule has 1 amide bonds. The van der Waals surface area contributed by atoms with Gasteiger partial charge in [0, 0.05) is 18.1 Å². The number of fused-ring (bicyclic) bond motifs is 1. The van der Waals surface area contributed by atoms with Gasteiger partial charge in [-0.15, -0.1) is 0 Å². The molecule has 1 aromatic carbocycles. The average Bonchev–Trinajstić information content (AvgIpc) is 2.63. The molecule has 0 unspecified atom stereocenters. The van der Waals surface area contributed by atoms with E-state index in [0.29, 0.717) is 28.4 Å². The maximum atomic E-state index is 13.0. The van der Waals surface area contributed by atoms with Gasteiger partial charge < -0.3 is 15.0 Å². The molecule has 3 rings (SSSR count). The van der Waals surface area contributed by atoms with Crippen molar-refractivity contribution in [3.8, 4) is 5.75 Å². The predicted octanol–water partition coefficient (Wildman–Crippen LogP) is 4.05. The number of carbonyl (C=O) groups excluding carboxylic acids is 1. The van der Waals surface area contributed by atoms with Crippen molar-refractivity contribution in [1.82, 2.24) is 9.55 Å². The van der Waals surface area contributed by atoms with Crippen LogP contribution >= 0.6 is 11.6 Å². The molecule has 2 aromatic heterocycles. The van der Waals surface area contributed by atoms with E-state index in [0.717, 1.165) is 6.42 Å². The summed E-state index contributed by atoms with van der Waals surface area (Å²) >= 11 is 5.79. The van der Waals surface area contributed by atoms with E-state index >= 15 is 0 Å². The lowest BCUT2D eigenvalue weighted by atomic mass is 10.1. The van der Waals surface area contributed by atoms with E-state index in [1.165, 1.54) is 12.3 Å². The number of para-hydroxylation sites is 1. The van der Waals surface area contributed by atoms with Crippen LogP contribution < -0.4 is 10.9 Å². The number of halogens is 1. The highest BCUT2D eigenvalue weighted by molar-refractivity contribution is 6.30. The molecule has 3 aromatic rings. The van der Waals surface area contributed by atoms with E-state index in [-0.39, 0.29) is 17.1 Å². The van der Waals surface area contributed by atoms with E-state index in [2.05, 4.69) is 24.1 Å². The molecule has 0 aliphatic heterocycles. The van der Waals surface area contributed by atoms with Crippen LogP contribution in [0.25, 0.3) is 10.9 Å². The fourth-order valence-electron chi connectivity index (χ4n) is 2.83. The third-order valence-corrected chi connectivity index (χ3v) is 4.50. The van der Waals surface area contributed by atoms with Crippen molar-refractivity contribution in [2.45, 2.75) is 26.8 Å². The summed E-state index contributed by atoms with van der Waals surface area (Å²) in [5, 5.41) is 14.0. The Morgan fingerprint density at radius 2 is 2.00 bits per heavy atom. The van der Waals surface area contributed by atoms with Crippen molar-refractivity contribution in [3.63, 3.8) is 0 Å².